The van der Waals surface area contributed by atoms with Crippen molar-refractivity contribution in [2.75, 3.05) is 26.2 Å². The van der Waals surface area contributed by atoms with Crippen molar-refractivity contribution in [1.82, 2.24) is 15.1 Å². The molecule has 1 saturated heterocycles. The SMILES string of the molecule is CC(=O)NC(C(=O)N1CCN(C(=O)c2ccc(Cl)cc2)CC1)C1CCCC1. The first-order chi connectivity index (χ1) is 13.0. The molecule has 3 rings (SSSR count). The Labute approximate surface area is 164 Å². The molecule has 2 aliphatic rings. The lowest BCUT2D eigenvalue weighted by atomic mass is 9.96. The van der Waals surface area contributed by atoms with Crippen LogP contribution in [0.5, 0.6) is 0 Å². The van der Waals surface area contributed by atoms with E-state index in [0.717, 1.165) is 25.7 Å². The van der Waals surface area contributed by atoms with Gasteiger partial charge in [-0.25, -0.2) is 0 Å². The number of carbonyl (C=O) groups is 3. The Bertz CT molecular complexity index is 693. The zero-order chi connectivity index (χ0) is 19.4. The Morgan fingerprint density at radius 1 is 1.00 bits per heavy atom. The summed E-state index contributed by atoms with van der Waals surface area (Å²) in [4.78, 5) is 40.7. The number of hydrogen-bond acceptors (Lipinski definition) is 3. The molecule has 7 heteroatoms. The predicted octanol–water partition coefficient (Wildman–Crippen LogP) is 2.32. The maximum Gasteiger partial charge on any atom is 0.253 e. The molecule has 0 spiro atoms. The Morgan fingerprint density at radius 2 is 1.56 bits per heavy atom. The van der Waals surface area contributed by atoms with Crippen LogP contribution >= 0.6 is 11.6 Å². The molecule has 146 valence electrons. The Morgan fingerprint density at radius 3 is 2.11 bits per heavy atom. The van der Waals surface area contributed by atoms with E-state index in [2.05, 4.69) is 5.32 Å². The number of amides is 3. The maximum absolute atomic E-state index is 13.0. The van der Waals surface area contributed by atoms with Crippen molar-refractivity contribution in [3.63, 3.8) is 0 Å². The molecule has 1 unspecified atom stereocenters. The molecular formula is C20H26ClN3O3. The molecule has 3 amide bonds. The molecule has 1 aromatic carbocycles. The van der Waals surface area contributed by atoms with Gasteiger partial charge in [0, 0.05) is 43.7 Å². The number of halogens is 1. The summed E-state index contributed by atoms with van der Waals surface area (Å²) in [5.74, 6) is -0.0180. The molecule has 1 N–H and O–H groups in total. The van der Waals surface area contributed by atoms with Gasteiger partial charge >= 0.3 is 0 Å². The van der Waals surface area contributed by atoms with E-state index in [1.54, 1.807) is 34.1 Å². The third-order valence-corrected chi connectivity index (χ3v) is 5.72. The van der Waals surface area contributed by atoms with Crippen LogP contribution < -0.4 is 5.32 Å². The van der Waals surface area contributed by atoms with E-state index >= 15 is 0 Å². The highest BCUT2D eigenvalue weighted by Crippen LogP contribution is 2.29. The number of carbonyl (C=O) groups excluding carboxylic acids is 3. The van der Waals surface area contributed by atoms with Crippen LogP contribution in [0.25, 0.3) is 0 Å². The third-order valence-electron chi connectivity index (χ3n) is 5.47. The van der Waals surface area contributed by atoms with E-state index in [1.165, 1.54) is 6.92 Å². The fourth-order valence-corrected chi connectivity index (χ4v) is 4.12. The van der Waals surface area contributed by atoms with Crippen molar-refractivity contribution in [3.05, 3.63) is 34.9 Å². The zero-order valence-electron chi connectivity index (χ0n) is 15.6. The van der Waals surface area contributed by atoms with Crippen molar-refractivity contribution in [2.45, 2.75) is 38.6 Å². The standard InChI is InChI=1S/C20H26ClN3O3/c1-14(25)22-18(15-4-2-3-5-15)20(27)24-12-10-23(11-13-24)19(26)16-6-8-17(21)9-7-16/h6-9,15,18H,2-5,10-13H2,1H3,(H,22,25). The van der Waals surface area contributed by atoms with Gasteiger partial charge in [0.05, 0.1) is 0 Å². The first-order valence-corrected chi connectivity index (χ1v) is 9.94. The second kappa shape index (κ2) is 8.74. The van der Waals surface area contributed by atoms with Gasteiger partial charge in [-0.3, -0.25) is 14.4 Å². The summed E-state index contributed by atoms with van der Waals surface area (Å²) in [5.41, 5.74) is 0.598. The van der Waals surface area contributed by atoms with Gasteiger partial charge in [-0.15, -0.1) is 0 Å². The summed E-state index contributed by atoms with van der Waals surface area (Å²) in [5, 5.41) is 3.46. The number of rotatable bonds is 4. The largest absolute Gasteiger partial charge is 0.344 e. The zero-order valence-corrected chi connectivity index (χ0v) is 16.4. The Kier molecular flexibility index (Phi) is 6.37. The second-order valence-electron chi connectivity index (χ2n) is 7.35. The molecular weight excluding hydrogens is 366 g/mol. The van der Waals surface area contributed by atoms with Crippen LogP contribution in [-0.2, 0) is 9.59 Å². The molecule has 0 bridgehead atoms. The molecule has 6 nitrogen and oxygen atoms in total. The van der Waals surface area contributed by atoms with Crippen molar-refractivity contribution in [2.24, 2.45) is 5.92 Å². The van der Waals surface area contributed by atoms with E-state index in [-0.39, 0.29) is 23.6 Å². The minimum atomic E-state index is -0.441. The maximum atomic E-state index is 13.0. The quantitative estimate of drug-likeness (QED) is 0.856. The average molecular weight is 392 g/mol. The number of hydrogen-bond donors (Lipinski definition) is 1. The number of piperazine rings is 1. The number of nitrogens with zero attached hydrogens (tertiary/aromatic N) is 2. The highest BCUT2D eigenvalue weighted by molar-refractivity contribution is 6.30. The Balaban J connectivity index is 1.59. The normalized spacial score (nSPS) is 19.0. The lowest BCUT2D eigenvalue weighted by Crippen LogP contribution is -2.57. The van der Waals surface area contributed by atoms with Gasteiger partial charge in [0.1, 0.15) is 6.04 Å². The summed E-state index contributed by atoms with van der Waals surface area (Å²) >= 11 is 5.88. The van der Waals surface area contributed by atoms with E-state index in [9.17, 15) is 14.4 Å². The summed E-state index contributed by atoms with van der Waals surface area (Å²) in [6, 6.07) is 6.40. The predicted molar refractivity (Wildman–Crippen MR) is 103 cm³/mol. The molecule has 2 fully saturated rings. The molecule has 1 aromatic rings. The summed E-state index contributed by atoms with van der Waals surface area (Å²) < 4.78 is 0. The van der Waals surface area contributed by atoms with Gasteiger partial charge in [0.15, 0.2) is 0 Å². The monoisotopic (exact) mass is 391 g/mol. The average Bonchev–Trinajstić information content (AvgIpc) is 3.20. The molecule has 0 radical (unpaired) electrons. The van der Waals surface area contributed by atoms with Gasteiger partial charge in [0.25, 0.3) is 5.91 Å². The van der Waals surface area contributed by atoms with Gasteiger partial charge in [-0.05, 0) is 43.0 Å². The molecule has 1 heterocycles. The summed E-state index contributed by atoms with van der Waals surface area (Å²) in [6.45, 7) is 3.41. The topological polar surface area (TPSA) is 69.7 Å². The van der Waals surface area contributed by atoms with Gasteiger partial charge < -0.3 is 15.1 Å². The van der Waals surface area contributed by atoms with Crippen LogP contribution in [0.15, 0.2) is 24.3 Å². The smallest absolute Gasteiger partial charge is 0.253 e. The van der Waals surface area contributed by atoms with Crippen molar-refractivity contribution in [1.29, 1.82) is 0 Å². The van der Waals surface area contributed by atoms with Crippen LogP contribution in [0.1, 0.15) is 43.0 Å². The number of nitrogens with one attached hydrogen (secondary N) is 1. The highest BCUT2D eigenvalue weighted by Gasteiger charge is 2.35. The van der Waals surface area contributed by atoms with Crippen LogP contribution in [0.4, 0.5) is 0 Å². The molecule has 1 aliphatic heterocycles. The van der Waals surface area contributed by atoms with Gasteiger partial charge in [-0.2, -0.15) is 0 Å². The molecule has 1 aliphatic carbocycles. The fourth-order valence-electron chi connectivity index (χ4n) is 3.99. The van der Waals surface area contributed by atoms with Crippen LogP contribution in [0.2, 0.25) is 5.02 Å². The van der Waals surface area contributed by atoms with E-state index in [4.69, 9.17) is 11.6 Å². The lowest BCUT2D eigenvalue weighted by Gasteiger charge is -2.37. The van der Waals surface area contributed by atoms with Crippen LogP contribution in [0, 0.1) is 5.92 Å². The van der Waals surface area contributed by atoms with Gasteiger partial charge in [-0.1, -0.05) is 24.4 Å². The van der Waals surface area contributed by atoms with Crippen molar-refractivity contribution >= 4 is 29.3 Å². The number of benzene rings is 1. The van der Waals surface area contributed by atoms with Gasteiger partial charge in [0.2, 0.25) is 11.8 Å². The fraction of sp³-hybridized carbons (Fsp3) is 0.550. The van der Waals surface area contributed by atoms with Crippen molar-refractivity contribution in [3.8, 4) is 0 Å². The molecule has 0 aromatic heterocycles. The second-order valence-corrected chi connectivity index (χ2v) is 7.78. The molecule has 27 heavy (non-hydrogen) atoms. The third kappa shape index (κ3) is 4.80. The highest BCUT2D eigenvalue weighted by atomic mass is 35.5. The van der Waals surface area contributed by atoms with E-state index in [0.29, 0.717) is 36.8 Å². The summed E-state index contributed by atoms with van der Waals surface area (Å²) in [6.07, 6.45) is 4.17. The minimum absolute atomic E-state index is 0.0179. The molecule has 1 saturated carbocycles. The van der Waals surface area contributed by atoms with Crippen LogP contribution in [-0.4, -0.2) is 59.7 Å². The first-order valence-electron chi connectivity index (χ1n) is 9.56. The lowest BCUT2D eigenvalue weighted by molar-refractivity contribution is -0.138. The van der Waals surface area contributed by atoms with Crippen LogP contribution in [0.3, 0.4) is 0 Å². The van der Waals surface area contributed by atoms with E-state index < -0.39 is 6.04 Å². The minimum Gasteiger partial charge on any atom is -0.344 e. The first kappa shape index (κ1) is 19.7. The van der Waals surface area contributed by atoms with Crippen molar-refractivity contribution < 1.29 is 14.4 Å². The Hall–Kier alpha value is -2.08. The summed E-state index contributed by atoms with van der Waals surface area (Å²) in [7, 11) is 0. The molecule has 1 atom stereocenters. The van der Waals surface area contributed by atoms with E-state index in [1.807, 2.05) is 0 Å².